The molecule has 0 aliphatic rings. The molecule has 94 valence electrons. The monoisotopic (exact) mass is 260 g/mol. The maximum atomic E-state index is 13.4. The molecule has 1 rings (SSSR count). The highest BCUT2D eigenvalue weighted by molar-refractivity contribution is 7.62. The van der Waals surface area contributed by atoms with Crippen molar-refractivity contribution < 1.29 is 22.8 Å². The molecule has 1 aromatic carbocycles. The van der Waals surface area contributed by atoms with Crippen LogP contribution in [0.4, 0.5) is 4.39 Å². The van der Waals surface area contributed by atoms with Gasteiger partial charge in [-0.2, -0.15) is 0 Å². The van der Waals surface area contributed by atoms with E-state index in [0.717, 1.165) is 6.07 Å². The van der Waals surface area contributed by atoms with Gasteiger partial charge in [-0.1, -0.05) is 6.07 Å². The van der Waals surface area contributed by atoms with Crippen molar-refractivity contribution in [3.8, 4) is 0 Å². The molecule has 0 unspecified atom stereocenters. The minimum absolute atomic E-state index is 0.0313. The molecule has 17 heavy (non-hydrogen) atoms. The van der Waals surface area contributed by atoms with Crippen LogP contribution in [0.2, 0.25) is 0 Å². The van der Waals surface area contributed by atoms with E-state index in [1.54, 1.807) is 13.8 Å². The van der Waals surface area contributed by atoms with Gasteiger partial charge in [0.15, 0.2) is 6.29 Å². The zero-order valence-corrected chi connectivity index (χ0v) is 10.6. The third kappa shape index (κ3) is 3.00. The SMILES string of the molecule is CCOP(=O)(OCC)c1cccc(F)c1C=O. The molecule has 0 atom stereocenters. The van der Waals surface area contributed by atoms with E-state index in [-0.39, 0.29) is 24.1 Å². The number of rotatable bonds is 6. The van der Waals surface area contributed by atoms with E-state index in [4.69, 9.17) is 9.05 Å². The number of aldehydes is 1. The molecule has 0 radical (unpaired) electrons. The fraction of sp³-hybridized carbons (Fsp3) is 0.364. The molecule has 0 N–H and O–H groups in total. The van der Waals surface area contributed by atoms with Gasteiger partial charge in [-0.05, 0) is 26.0 Å². The van der Waals surface area contributed by atoms with Crippen LogP contribution in [0.15, 0.2) is 18.2 Å². The first-order valence-corrected chi connectivity index (χ1v) is 6.76. The largest absolute Gasteiger partial charge is 0.362 e. The van der Waals surface area contributed by atoms with Crippen molar-refractivity contribution in [2.45, 2.75) is 13.8 Å². The molecule has 0 heterocycles. The van der Waals surface area contributed by atoms with E-state index < -0.39 is 13.4 Å². The molecule has 0 saturated carbocycles. The summed E-state index contributed by atoms with van der Waals surface area (Å²) >= 11 is 0. The Hall–Kier alpha value is -1.03. The molecule has 1 aromatic rings. The summed E-state index contributed by atoms with van der Waals surface area (Å²) in [5, 5.41) is -0.0313. The number of hydrogen-bond acceptors (Lipinski definition) is 4. The number of carbonyl (C=O) groups is 1. The number of benzene rings is 1. The normalized spacial score (nSPS) is 11.5. The Balaban J connectivity index is 3.32. The van der Waals surface area contributed by atoms with Crippen LogP contribution in [-0.2, 0) is 13.6 Å². The van der Waals surface area contributed by atoms with Crippen molar-refractivity contribution in [3.63, 3.8) is 0 Å². The molecule has 0 fully saturated rings. The van der Waals surface area contributed by atoms with Gasteiger partial charge >= 0.3 is 7.60 Å². The first-order chi connectivity index (χ1) is 8.09. The molecule has 0 aromatic heterocycles. The Kier molecular flexibility index (Phi) is 5.00. The predicted octanol–water partition coefficient (Wildman–Crippen LogP) is 2.53. The van der Waals surface area contributed by atoms with Crippen molar-refractivity contribution in [1.82, 2.24) is 0 Å². The standard InChI is InChI=1S/C11H14FO4P/c1-3-15-17(14,16-4-2)11-7-5-6-10(12)9(11)8-13/h5-8H,3-4H2,1-2H3. The van der Waals surface area contributed by atoms with Crippen molar-refractivity contribution in [1.29, 1.82) is 0 Å². The van der Waals surface area contributed by atoms with Crippen LogP contribution in [0.1, 0.15) is 24.2 Å². The Morgan fingerprint density at radius 1 is 1.29 bits per heavy atom. The van der Waals surface area contributed by atoms with Crippen molar-refractivity contribution in [2.75, 3.05) is 13.2 Å². The molecular formula is C11H14FO4P. The van der Waals surface area contributed by atoms with Crippen LogP contribution < -0.4 is 5.30 Å². The maximum Gasteiger partial charge on any atom is 0.362 e. The Labute approximate surface area is 99.3 Å². The van der Waals surface area contributed by atoms with Crippen LogP contribution in [-0.4, -0.2) is 19.5 Å². The predicted molar refractivity (Wildman–Crippen MR) is 62.3 cm³/mol. The zero-order valence-electron chi connectivity index (χ0n) is 9.68. The first kappa shape index (κ1) is 14.0. The van der Waals surface area contributed by atoms with Gasteiger partial charge in [-0.15, -0.1) is 0 Å². The van der Waals surface area contributed by atoms with E-state index in [1.807, 2.05) is 0 Å². The molecule has 4 nitrogen and oxygen atoms in total. The fourth-order valence-electron chi connectivity index (χ4n) is 1.40. The molecule has 0 amide bonds. The molecule has 0 bridgehead atoms. The number of carbonyl (C=O) groups excluding carboxylic acids is 1. The van der Waals surface area contributed by atoms with Crippen LogP contribution >= 0.6 is 7.60 Å². The maximum absolute atomic E-state index is 13.4. The summed E-state index contributed by atoms with van der Waals surface area (Å²) in [7, 11) is -3.62. The molecule has 0 aliphatic carbocycles. The number of halogens is 1. The summed E-state index contributed by atoms with van der Waals surface area (Å²) in [6.07, 6.45) is 0.315. The second kappa shape index (κ2) is 6.05. The average Bonchev–Trinajstić information content (AvgIpc) is 2.29. The summed E-state index contributed by atoms with van der Waals surface area (Å²) < 4.78 is 35.9. The summed E-state index contributed by atoms with van der Waals surface area (Å²) in [5.74, 6) is -0.739. The second-order valence-electron chi connectivity index (χ2n) is 3.12. The molecule has 0 saturated heterocycles. The van der Waals surface area contributed by atoms with E-state index in [9.17, 15) is 13.8 Å². The Bertz CT molecular complexity index is 437. The third-order valence-corrected chi connectivity index (χ3v) is 4.22. The molecule has 0 spiro atoms. The van der Waals surface area contributed by atoms with Crippen LogP contribution in [0.25, 0.3) is 0 Å². The van der Waals surface area contributed by atoms with Crippen molar-refractivity contribution in [3.05, 3.63) is 29.6 Å². The van der Waals surface area contributed by atoms with E-state index >= 15 is 0 Å². The fourth-order valence-corrected chi connectivity index (χ4v) is 3.15. The summed E-state index contributed by atoms with van der Waals surface area (Å²) in [6, 6.07) is 3.86. The zero-order chi connectivity index (χ0) is 12.9. The van der Waals surface area contributed by atoms with Gasteiger partial charge < -0.3 is 9.05 Å². The second-order valence-corrected chi connectivity index (χ2v) is 5.12. The smallest absolute Gasteiger partial charge is 0.305 e. The lowest BCUT2D eigenvalue weighted by Gasteiger charge is -2.18. The summed E-state index contributed by atoms with van der Waals surface area (Å²) in [4.78, 5) is 10.8. The van der Waals surface area contributed by atoms with Crippen molar-refractivity contribution >= 4 is 19.2 Å². The highest BCUT2D eigenvalue weighted by atomic mass is 31.2. The molecular weight excluding hydrogens is 246 g/mol. The van der Waals surface area contributed by atoms with Gasteiger partial charge in [0.2, 0.25) is 0 Å². The van der Waals surface area contributed by atoms with E-state index in [2.05, 4.69) is 0 Å². The van der Waals surface area contributed by atoms with Gasteiger partial charge in [0.05, 0.1) is 24.1 Å². The minimum Gasteiger partial charge on any atom is -0.305 e. The Morgan fingerprint density at radius 2 is 1.88 bits per heavy atom. The lowest BCUT2D eigenvalue weighted by Crippen LogP contribution is -2.17. The highest BCUT2D eigenvalue weighted by Crippen LogP contribution is 2.47. The van der Waals surface area contributed by atoms with Gasteiger partial charge in [0.1, 0.15) is 5.82 Å². The van der Waals surface area contributed by atoms with E-state index in [0.29, 0.717) is 6.29 Å². The van der Waals surface area contributed by atoms with Gasteiger partial charge in [0.25, 0.3) is 0 Å². The van der Waals surface area contributed by atoms with E-state index in [1.165, 1.54) is 12.1 Å². The van der Waals surface area contributed by atoms with Gasteiger partial charge in [-0.3, -0.25) is 9.36 Å². The lowest BCUT2D eigenvalue weighted by atomic mass is 10.2. The lowest BCUT2D eigenvalue weighted by molar-refractivity contribution is 0.112. The van der Waals surface area contributed by atoms with Crippen LogP contribution in [0, 0.1) is 5.82 Å². The topological polar surface area (TPSA) is 52.6 Å². The van der Waals surface area contributed by atoms with Crippen LogP contribution in [0.3, 0.4) is 0 Å². The molecule has 0 aliphatic heterocycles. The average molecular weight is 260 g/mol. The van der Waals surface area contributed by atoms with Crippen LogP contribution in [0.5, 0.6) is 0 Å². The summed E-state index contributed by atoms with van der Waals surface area (Å²) in [6.45, 7) is 3.58. The number of hydrogen-bond donors (Lipinski definition) is 0. The first-order valence-electron chi connectivity index (χ1n) is 5.22. The van der Waals surface area contributed by atoms with Gasteiger partial charge in [-0.25, -0.2) is 4.39 Å². The molecule has 6 heteroatoms. The quantitative estimate of drug-likeness (QED) is 0.582. The minimum atomic E-state index is -3.62. The Morgan fingerprint density at radius 3 is 2.35 bits per heavy atom. The summed E-state index contributed by atoms with van der Waals surface area (Å²) in [5.41, 5.74) is -0.280. The highest BCUT2D eigenvalue weighted by Gasteiger charge is 2.30. The van der Waals surface area contributed by atoms with Crippen molar-refractivity contribution in [2.24, 2.45) is 0 Å². The third-order valence-electron chi connectivity index (χ3n) is 2.04. The van der Waals surface area contributed by atoms with Gasteiger partial charge in [0, 0.05) is 0 Å².